The van der Waals surface area contributed by atoms with Crippen molar-refractivity contribution in [2.24, 2.45) is 0 Å². The minimum Gasteiger partial charge on any atom is -0.406 e. The number of benzene rings is 2. The molecular weight excluding hydrogens is 307 g/mol. The van der Waals surface area contributed by atoms with Gasteiger partial charge in [0.25, 0.3) is 0 Å². The zero-order chi connectivity index (χ0) is 16.9. The molecule has 6 heteroatoms. The molecule has 0 heterocycles. The number of carbonyl (C=O) groups is 1. The highest BCUT2D eigenvalue weighted by Gasteiger charge is 2.30. The van der Waals surface area contributed by atoms with Crippen molar-refractivity contribution in [3.05, 3.63) is 60.2 Å². The summed E-state index contributed by atoms with van der Waals surface area (Å²) in [6.07, 6.45) is -4.44. The number of carbonyl (C=O) groups excluding carboxylic acids is 1. The Balaban J connectivity index is 1.90. The van der Waals surface area contributed by atoms with E-state index in [0.29, 0.717) is 5.69 Å². The van der Waals surface area contributed by atoms with Crippen molar-refractivity contribution < 1.29 is 22.7 Å². The van der Waals surface area contributed by atoms with Gasteiger partial charge in [0.2, 0.25) is 5.91 Å². The van der Waals surface area contributed by atoms with E-state index in [1.54, 1.807) is 0 Å². The van der Waals surface area contributed by atoms with E-state index in [0.717, 1.165) is 17.7 Å². The zero-order valence-corrected chi connectivity index (χ0v) is 12.4. The molecule has 0 radical (unpaired) electrons. The fourth-order valence-electron chi connectivity index (χ4n) is 2.13. The van der Waals surface area contributed by atoms with Crippen molar-refractivity contribution in [1.82, 2.24) is 0 Å². The molecule has 23 heavy (non-hydrogen) atoms. The fraction of sp³-hybridized carbons (Fsp3) is 0.235. The van der Waals surface area contributed by atoms with Crippen LogP contribution in [-0.2, 0) is 4.79 Å². The van der Waals surface area contributed by atoms with Gasteiger partial charge in [0.15, 0.2) is 0 Å². The van der Waals surface area contributed by atoms with Gasteiger partial charge < -0.3 is 10.1 Å². The highest BCUT2D eigenvalue weighted by atomic mass is 19.4. The van der Waals surface area contributed by atoms with Gasteiger partial charge in [-0.25, -0.2) is 0 Å². The summed E-state index contributed by atoms with van der Waals surface area (Å²) in [5.41, 5.74) is 1.47. The van der Waals surface area contributed by atoms with E-state index in [4.69, 9.17) is 0 Å². The molecule has 0 aliphatic carbocycles. The van der Waals surface area contributed by atoms with Crippen LogP contribution in [0, 0.1) is 0 Å². The van der Waals surface area contributed by atoms with Gasteiger partial charge >= 0.3 is 6.36 Å². The van der Waals surface area contributed by atoms with Crippen molar-refractivity contribution in [3.63, 3.8) is 0 Å². The Morgan fingerprint density at radius 3 is 2.26 bits per heavy atom. The largest absolute Gasteiger partial charge is 0.573 e. The van der Waals surface area contributed by atoms with Crippen LogP contribution in [0.5, 0.6) is 5.75 Å². The van der Waals surface area contributed by atoms with Gasteiger partial charge in [-0.1, -0.05) is 37.3 Å². The molecule has 2 aromatic rings. The lowest BCUT2D eigenvalue weighted by atomic mass is 9.97. The third-order valence-corrected chi connectivity index (χ3v) is 3.23. The highest BCUT2D eigenvalue weighted by Crippen LogP contribution is 2.24. The third-order valence-electron chi connectivity index (χ3n) is 3.23. The molecule has 3 nitrogen and oxygen atoms in total. The molecule has 2 aromatic carbocycles. The standard InChI is InChI=1S/C17H16F3NO2/c1-12(13-5-3-2-4-6-13)11-16(22)21-14-7-9-15(10-8-14)23-17(18,19)20/h2-10,12H,11H2,1H3,(H,21,22)/t12-/m0/s1. The van der Waals surface area contributed by atoms with Crippen LogP contribution in [0.15, 0.2) is 54.6 Å². The smallest absolute Gasteiger partial charge is 0.406 e. The first kappa shape index (κ1) is 16.9. The van der Waals surface area contributed by atoms with Gasteiger partial charge in [-0.05, 0) is 35.7 Å². The van der Waals surface area contributed by atoms with E-state index >= 15 is 0 Å². The summed E-state index contributed by atoms with van der Waals surface area (Å²) < 4.78 is 40.0. The summed E-state index contributed by atoms with van der Waals surface area (Å²) in [7, 11) is 0. The molecule has 1 atom stereocenters. The second-order valence-corrected chi connectivity index (χ2v) is 5.14. The average molecular weight is 323 g/mol. The van der Waals surface area contributed by atoms with Crippen LogP contribution in [0.3, 0.4) is 0 Å². The average Bonchev–Trinajstić information content (AvgIpc) is 2.48. The van der Waals surface area contributed by atoms with Crippen molar-refractivity contribution in [2.45, 2.75) is 25.6 Å². The van der Waals surface area contributed by atoms with Crippen molar-refractivity contribution >= 4 is 11.6 Å². The van der Waals surface area contributed by atoms with Crippen LogP contribution in [0.1, 0.15) is 24.8 Å². The number of alkyl halides is 3. The Morgan fingerprint density at radius 2 is 1.70 bits per heavy atom. The highest BCUT2D eigenvalue weighted by molar-refractivity contribution is 5.91. The van der Waals surface area contributed by atoms with E-state index in [9.17, 15) is 18.0 Å². The molecule has 0 bridgehead atoms. The summed E-state index contributed by atoms with van der Waals surface area (Å²) in [4.78, 5) is 12.0. The molecule has 1 N–H and O–H groups in total. The molecule has 0 unspecified atom stereocenters. The van der Waals surface area contributed by atoms with Gasteiger partial charge in [-0.3, -0.25) is 4.79 Å². The zero-order valence-electron chi connectivity index (χ0n) is 12.4. The lowest BCUT2D eigenvalue weighted by Crippen LogP contribution is -2.17. The molecule has 0 aliphatic heterocycles. The Labute approximate surface area is 132 Å². The number of ether oxygens (including phenoxy) is 1. The lowest BCUT2D eigenvalue weighted by molar-refractivity contribution is -0.274. The van der Waals surface area contributed by atoms with E-state index in [1.807, 2.05) is 37.3 Å². The van der Waals surface area contributed by atoms with E-state index in [-0.39, 0.29) is 24.0 Å². The molecule has 0 spiro atoms. The van der Waals surface area contributed by atoms with Crippen molar-refractivity contribution in [2.75, 3.05) is 5.32 Å². The maximum Gasteiger partial charge on any atom is 0.573 e. The van der Waals surface area contributed by atoms with Crippen molar-refractivity contribution in [3.8, 4) is 5.75 Å². The maximum absolute atomic E-state index is 12.1. The Morgan fingerprint density at radius 1 is 1.09 bits per heavy atom. The topological polar surface area (TPSA) is 38.3 Å². The molecule has 0 fully saturated rings. The van der Waals surface area contributed by atoms with Gasteiger partial charge in [0.05, 0.1) is 0 Å². The van der Waals surface area contributed by atoms with Crippen LogP contribution in [0.25, 0.3) is 0 Å². The maximum atomic E-state index is 12.1. The molecule has 122 valence electrons. The van der Waals surface area contributed by atoms with Gasteiger partial charge in [0.1, 0.15) is 5.75 Å². The number of halogens is 3. The number of amides is 1. The number of nitrogens with one attached hydrogen (secondary N) is 1. The molecule has 0 aromatic heterocycles. The molecule has 0 aliphatic rings. The fourth-order valence-corrected chi connectivity index (χ4v) is 2.13. The Hall–Kier alpha value is -2.50. The van der Waals surface area contributed by atoms with E-state index in [2.05, 4.69) is 10.1 Å². The number of hydrogen-bond acceptors (Lipinski definition) is 2. The Kier molecular flexibility index (Phi) is 5.26. The van der Waals surface area contributed by atoms with Crippen molar-refractivity contribution in [1.29, 1.82) is 0 Å². The molecular formula is C17H16F3NO2. The number of hydrogen-bond donors (Lipinski definition) is 1. The number of rotatable bonds is 5. The van der Waals surface area contributed by atoms with Crippen LogP contribution >= 0.6 is 0 Å². The minimum atomic E-state index is -4.73. The lowest BCUT2D eigenvalue weighted by Gasteiger charge is -2.13. The summed E-state index contributed by atoms with van der Waals surface area (Å²) in [5.74, 6) is -0.483. The summed E-state index contributed by atoms with van der Waals surface area (Å²) in [6, 6.07) is 14.7. The Bertz CT molecular complexity index is 639. The quantitative estimate of drug-likeness (QED) is 0.865. The molecule has 0 saturated heterocycles. The molecule has 2 rings (SSSR count). The first-order valence-electron chi connectivity index (χ1n) is 7.04. The molecule has 1 amide bonds. The SMILES string of the molecule is C[C@@H](CC(=O)Nc1ccc(OC(F)(F)F)cc1)c1ccccc1. The second-order valence-electron chi connectivity index (χ2n) is 5.14. The van der Waals surface area contributed by atoms with Gasteiger partial charge in [0, 0.05) is 12.1 Å². The predicted molar refractivity (Wildman–Crippen MR) is 81.2 cm³/mol. The summed E-state index contributed by atoms with van der Waals surface area (Å²) >= 11 is 0. The predicted octanol–water partition coefficient (Wildman–Crippen LogP) is 4.72. The molecule has 0 saturated carbocycles. The van der Waals surface area contributed by atoms with Crippen LogP contribution in [-0.4, -0.2) is 12.3 Å². The van der Waals surface area contributed by atoms with Crippen LogP contribution in [0.2, 0.25) is 0 Å². The third kappa shape index (κ3) is 5.65. The van der Waals surface area contributed by atoms with E-state index in [1.165, 1.54) is 12.1 Å². The minimum absolute atomic E-state index is 0.0454. The van der Waals surface area contributed by atoms with E-state index < -0.39 is 6.36 Å². The first-order valence-corrected chi connectivity index (χ1v) is 7.04. The monoisotopic (exact) mass is 323 g/mol. The van der Waals surface area contributed by atoms with Gasteiger partial charge in [-0.2, -0.15) is 0 Å². The van der Waals surface area contributed by atoms with Crippen LogP contribution < -0.4 is 10.1 Å². The summed E-state index contributed by atoms with van der Waals surface area (Å²) in [6.45, 7) is 1.94. The summed E-state index contributed by atoms with van der Waals surface area (Å²) in [5, 5.41) is 2.66. The van der Waals surface area contributed by atoms with Gasteiger partial charge in [-0.15, -0.1) is 13.2 Å². The van der Waals surface area contributed by atoms with Crippen LogP contribution in [0.4, 0.5) is 18.9 Å². The second kappa shape index (κ2) is 7.17. The first-order chi connectivity index (χ1) is 10.8. The normalized spacial score (nSPS) is 12.5. The number of anilines is 1.